The maximum Gasteiger partial charge on any atom is 0.416 e. The minimum Gasteiger partial charge on any atom is -0.480 e. The van der Waals surface area contributed by atoms with Crippen molar-refractivity contribution in [3.05, 3.63) is 88.2 Å². The number of hydrogen-bond donors (Lipinski definition) is 1. The van der Waals surface area contributed by atoms with Crippen LogP contribution >= 0.6 is 11.6 Å². The van der Waals surface area contributed by atoms with Crippen molar-refractivity contribution in [1.82, 2.24) is 4.90 Å². The number of piperazine rings is 1. The van der Waals surface area contributed by atoms with Gasteiger partial charge in [0.15, 0.2) is 0 Å². The second kappa shape index (κ2) is 11.5. The minimum absolute atomic E-state index is 0.125. The number of alkyl halides is 3. The molecular formula is C30H28ClF4N3O4S. The molecule has 1 N–H and O–H groups in total. The summed E-state index contributed by atoms with van der Waals surface area (Å²) < 4.78 is 84.2. The lowest BCUT2D eigenvalue weighted by atomic mass is 10.0. The topological polar surface area (TPSA) is 81.2 Å². The van der Waals surface area contributed by atoms with Crippen molar-refractivity contribution in [2.75, 3.05) is 35.4 Å². The Morgan fingerprint density at radius 2 is 1.77 bits per heavy atom. The summed E-state index contributed by atoms with van der Waals surface area (Å²) in [6.07, 6.45) is -3.10. The standard InChI is InChI=1S/C30H28ClF4N3O4S/c1-18(28-24(31)7-4-8-25(28)32)13-20-9-10-26-27(14-20)38(17-22-16-36(11-12-37(22)26)19(2)29(39)40)43(41,42)23-6-3-5-21(15-23)30(33,34)35/h3-10,13-15,19,22H,11-12,16-17H2,1-2H3,(H,39,40)/b18-13+/t19?,22-/m0/s1. The SMILES string of the molecule is C/C(=C\c1ccc2c(c1)N(S(=O)(=O)c1cccc(C(F)(F)F)c1)C[C@@H]1CN(C(C)C(=O)O)CCN21)c1c(F)cccc1Cl. The normalized spacial score (nSPS) is 18.7. The Bertz CT molecular complexity index is 1690. The molecule has 0 aliphatic carbocycles. The van der Waals surface area contributed by atoms with E-state index in [9.17, 15) is 35.9 Å². The fourth-order valence-corrected chi connectivity index (χ4v) is 7.47. The predicted molar refractivity (Wildman–Crippen MR) is 157 cm³/mol. The number of nitrogens with zero attached hydrogens (tertiary/aromatic N) is 3. The van der Waals surface area contributed by atoms with E-state index in [1.807, 2.05) is 4.90 Å². The number of carbonyl (C=O) groups is 1. The summed E-state index contributed by atoms with van der Waals surface area (Å²) in [4.78, 5) is 14.9. The molecule has 2 heterocycles. The van der Waals surface area contributed by atoms with Gasteiger partial charge in [0.05, 0.1) is 39.4 Å². The Labute approximate surface area is 251 Å². The van der Waals surface area contributed by atoms with Gasteiger partial charge in [-0.2, -0.15) is 13.2 Å². The molecule has 0 saturated carbocycles. The zero-order valence-electron chi connectivity index (χ0n) is 23.1. The highest BCUT2D eigenvalue weighted by Crippen LogP contribution is 2.42. The van der Waals surface area contributed by atoms with Gasteiger partial charge >= 0.3 is 12.1 Å². The second-order valence-corrected chi connectivity index (χ2v) is 12.9. The molecule has 3 aromatic rings. The highest BCUT2D eigenvalue weighted by molar-refractivity contribution is 7.92. The Balaban J connectivity index is 1.61. The fraction of sp³-hybridized carbons (Fsp3) is 0.300. The van der Waals surface area contributed by atoms with E-state index in [4.69, 9.17) is 11.6 Å². The predicted octanol–water partition coefficient (Wildman–Crippen LogP) is 6.23. The highest BCUT2D eigenvalue weighted by Gasteiger charge is 2.42. The smallest absolute Gasteiger partial charge is 0.416 e. The third-order valence-corrected chi connectivity index (χ3v) is 9.95. The Kier molecular flexibility index (Phi) is 8.23. The van der Waals surface area contributed by atoms with E-state index in [0.29, 0.717) is 36.0 Å². The molecule has 0 spiro atoms. The van der Waals surface area contributed by atoms with Crippen molar-refractivity contribution in [1.29, 1.82) is 0 Å². The molecule has 2 atom stereocenters. The number of anilines is 2. The Hall–Kier alpha value is -3.61. The zero-order chi connectivity index (χ0) is 31.3. The lowest BCUT2D eigenvalue weighted by Crippen LogP contribution is -2.62. The van der Waals surface area contributed by atoms with Crippen LogP contribution in [0.5, 0.6) is 0 Å². The monoisotopic (exact) mass is 637 g/mol. The molecule has 7 nitrogen and oxygen atoms in total. The van der Waals surface area contributed by atoms with Crippen LogP contribution in [-0.4, -0.2) is 62.7 Å². The van der Waals surface area contributed by atoms with E-state index in [1.54, 1.807) is 49.1 Å². The van der Waals surface area contributed by atoms with Crippen LogP contribution in [0.4, 0.5) is 28.9 Å². The van der Waals surface area contributed by atoms with Crippen molar-refractivity contribution in [2.45, 2.75) is 37.0 Å². The maximum absolute atomic E-state index is 14.6. The number of hydrogen-bond acceptors (Lipinski definition) is 5. The van der Waals surface area contributed by atoms with Gasteiger partial charge in [-0.05, 0) is 67.4 Å². The summed E-state index contributed by atoms with van der Waals surface area (Å²) in [5.41, 5.74) is 0.888. The van der Waals surface area contributed by atoms with Crippen molar-refractivity contribution < 1.29 is 35.9 Å². The summed E-state index contributed by atoms with van der Waals surface area (Å²) in [5.74, 6) is -1.54. The molecular weight excluding hydrogens is 610 g/mol. The first-order valence-corrected chi connectivity index (χ1v) is 15.2. The van der Waals surface area contributed by atoms with Crippen LogP contribution in [0.25, 0.3) is 11.6 Å². The van der Waals surface area contributed by atoms with Crippen LogP contribution in [0.3, 0.4) is 0 Å². The van der Waals surface area contributed by atoms with Crippen molar-refractivity contribution in [3.8, 4) is 0 Å². The molecule has 13 heteroatoms. The molecule has 0 aromatic heterocycles. The van der Waals surface area contributed by atoms with Gasteiger partial charge in [0.1, 0.15) is 11.9 Å². The van der Waals surface area contributed by atoms with E-state index in [0.717, 1.165) is 22.5 Å². The number of carboxylic acid groups (broad SMARTS) is 1. The number of fused-ring (bicyclic) bond motifs is 3. The first-order valence-electron chi connectivity index (χ1n) is 13.4. The molecule has 1 fully saturated rings. The lowest BCUT2D eigenvalue weighted by molar-refractivity contribution is -0.143. The molecule has 43 heavy (non-hydrogen) atoms. The Morgan fingerprint density at radius 1 is 1.05 bits per heavy atom. The van der Waals surface area contributed by atoms with Crippen molar-refractivity contribution in [3.63, 3.8) is 0 Å². The molecule has 0 bridgehead atoms. The molecule has 1 saturated heterocycles. The molecule has 228 valence electrons. The molecule has 2 aliphatic heterocycles. The molecule has 3 aromatic carbocycles. The van der Waals surface area contributed by atoms with Gasteiger partial charge in [0.25, 0.3) is 10.0 Å². The van der Waals surface area contributed by atoms with Crippen LogP contribution in [0.1, 0.15) is 30.5 Å². The number of halogens is 5. The summed E-state index contributed by atoms with van der Waals surface area (Å²) in [7, 11) is -4.50. The first-order chi connectivity index (χ1) is 20.2. The average Bonchev–Trinajstić information content (AvgIpc) is 2.95. The van der Waals surface area contributed by atoms with E-state index in [1.165, 1.54) is 12.1 Å². The maximum atomic E-state index is 14.6. The van der Waals surface area contributed by atoms with Gasteiger partial charge in [0.2, 0.25) is 0 Å². The Morgan fingerprint density at radius 3 is 2.44 bits per heavy atom. The molecule has 1 unspecified atom stereocenters. The minimum atomic E-state index is -4.75. The summed E-state index contributed by atoms with van der Waals surface area (Å²) in [5, 5.41) is 9.74. The molecule has 5 rings (SSSR count). The number of carboxylic acids is 1. The number of benzene rings is 3. The second-order valence-electron chi connectivity index (χ2n) is 10.6. The number of aliphatic carboxylic acids is 1. The van der Waals surface area contributed by atoms with E-state index in [-0.39, 0.29) is 29.4 Å². The van der Waals surface area contributed by atoms with E-state index < -0.39 is 50.5 Å². The summed E-state index contributed by atoms with van der Waals surface area (Å²) >= 11 is 6.24. The van der Waals surface area contributed by atoms with Crippen LogP contribution in [-0.2, 0) is 21.0 Å². The quantitative estimate of drug-likeness (QED) is 0.255. The zero-order valence-corrected chi connectivity index (χ0v) is 24.7. The summed E-state index contributed by atoms with van der Waals surface area (Å²) in [6.45, 7) is 4.14. The highest BCUT2D eigenvalue weighted by atomic mass is 35.5. The summed E-state index contributed by atoms with van der Waals surface area (Å²) in [6, 6.07) is 11.7. The van der Waals surface area contributed by atoms with Crippen molar-refractivity contribution >= 4 is 50.6 Å². The van der Waals surface area contributed by atoms with Crippen LogP contribution in [0, 0.1) is 5.82 Å². The van der Waals surface area contributed by atoms with E-state index in [2.05, 4.69) is 0 Å². The van der Waals surface area contributed by atoms with Crippen LogP contribution in [0.15, 0.2) is 65.6 Å². The third-order valence-electron chi connectivity index (χ3n) is 7.86. The molecule has 0 radical (unpaired) electrons. The number of rotatable bonds is 6. The first kappa shape index (κ1) is 30.8. The van der Waals surface area contributed by atoms with Crippen LogP contribution < -0.4 is 9.21 Å². The number of allylic oxidation sites excluding steroid dienone is 1. The molecule has 2 aliphatic rings. The van der Waals surface area contributed by atoms with Gasteiger partial charge in [-0.3, -0.25) is 14.0 Å². The number of sulfonamides is 1. The van der Waals surface area contributed by atoms with Crippen LogP contribution in [0.2, 0.25) is 5.02 Å². The third kappa shape index (κ3) is 5.96. The van der Waals surface area contributed by atoms with Gasteiger partial charge in [0, 0.05) is 25.2 Å². The fourth-order valence-electron chi connectivity index (χ4n) is 5.61. The van der Waals surface area contributed by atoms with Gasteiger partial charge in [-0.15, -0.1) is 0 Å². The largest absolute Gasteiger partial charge is 0.480 e. The lowest BCUT2D eigenvalue weighted by Gasteiger charge is -2.49. The average molecular weight is 638 g/mol. The van der Waals surface area contributed by atoms with E-state index >= 15 is 0 Å². The van der Waals surface area contributed by atoms with Crippen molar-refractivity contribution in [2.24, 2.45) is 0 Å². The molecule has 0 amide bonds. The van der Waals surface area contributed by atoms with Gasteiger partial charge in [-0.25, -0.2) is 12.8 Å². The van der Waals surface area contributed by atoms with Gasteiger partial charge in [-0.1, -0.05) is 35.9 Å². The van der Waals surface area contributed by atoms with Gasteiger partial charge < -0.3 is 10.0 Å².